The first-order chi connectivity index (χ1) is 13.9. The van der Waals surface area contributed by atoms with Crippen molar-refractivity contribution >= 4 is 0 Å². The monoisotopic (exact) mass is 410 g/mol. The Morgan fingerprint density at radius 2 is 1.14 bits per heavy atom. The number of rotatable bonds is 8. The van der Waals surface area contributed by atoms with Crippen LogP contribution in [0.4, 0.5) is 0 Å². The van der Waals surface area contributed by atoms with Crippen LogP contribution in [-0.2, 0) is 0 Å². The van der Waals surface area contributed by atoms with Crippen molar-refractivity contribution in [3.8, 4) is 0 Å². The van der Waals surface area contributed by atoms with Gasteiger partial charge in [-0.25, -0.2) is 0 Å². The average Bonchev–Trinajstić information content (AvgIpc) is 2.64. The van der Waals surface area contributed by atoms with E-state index in [1.165, 1.54) is 25.7 Å². The topological polar surface area (TPSA) is 53.4 Å². The van der Waals surface area contributed by atoms with Crippen LogP contribution in [0.2, 0.25) is 0 Å². The van der Waals surface area contributed by atoms with Crippen LogP contribution in [0.3, 0.4) is 0 Å². The Balaban J connectivity index is 1.35. The standard InChI is InChI=1S/C23H46N4O2/c1-19-6-4-8-24(12-19)15-22(28)16-26-10-11-27(21(3)14-26)18-23(29)17-25-9-5-7-20(2)13-25/h19-23,28-29H,4-18H2,1-3H3/t19-,20-,21+,22+,23-/m0/s1. The van der Waals surface area contributed by atoms with Gasteiger partial charge >= 0.3 is 0 Å². The number of piperazine rings is 1. The second kappa shape index (κ2) is 11.4. The van der Waals surface area contributed by atoms with Gasteiger partial charge in [0.05, 0.1) is 12.2 Å². The van der Waals surface area contributed by atoms with Crippen molar-refractivity contribution in [2.75, 3.05) is 72.0 Å². The highest BCUT2D eigenvalue weighted by atomic mass is 16.3. The van der Waals surface area contributed by atoms with Crippen molar-refractivity contribution in [2.24, 2.45) is 11.8 Å². The minimum absolute atomic E-state index is 0.259. The first-order valence-corrected chi connectivity index (χ1v) is 12.2. The highest BCUT2D eigenvalue weighted by Crippen LogP contribution is 2.18. The van der Waals surface area contributed by atoms with Crippen LogP contribution in [-0.4, -0.2) is 120 Å². The molecule has 0 aliphatic carbocycles. The Labute approximate surface area is 178 Å². The minimum atomic E-state index is -0.263. The summed E-state index contributed by atoms with van der Waals surface area (Å²) in [5.74, 6) is 1.53. The van der Waals surface area contributed by atoms with Gasteiger partial charge in [-0.1, -0.05) is 13.8 Å². The largest absolute Gasteiger partial charge is 0.390 e. The van der Waals surface area contributed by atoms with E-state index in [0.717, 1.165) is 83.8 Å². The molecule has 3 saturated heterocycles. The molecule has 2 N–H and O–H groups in total. The van der Waals surface area contributed by atoms with Gasteiger partial charge in [-0.15, -0.1) is 0 Å². The molecule has 0 unspecified atom stereocenters. The number of hydrogen-bond donors (Lipinski definition) is 2. The van der Waals surface area contributed by atoms with Gasteiger partial charge in [-0.2, -0.15) is 0 Å². The molecule has 6 nitrogen and oxygen atoms in total. The molecule has 0 aromatic carbocycles. The summed E-state index contributed by atoms with van der Waals surface area (Å²) in [6.07, 6.45) is 4.67. The summed E-state index contributed by atoms with van der Waals surface area (Å²) in [6.45, 7) is 17.6. The molecule has 0 aromatic heterocycles. The summed E-state index contributed by atoms with van der Waals surface area (Å²) in [5.41, 5.74) is 0. The Bertz CT molecular complexity index is 480. The normalized spacial score (nSPS) is 33.6. The lowest BCUT2D eigenvalue weighted by atomic mass is 10.00. The van der Waals surface area contributed by atoms with Crippen LogP contribution in [0.1, 0.15) is 46.5 Å². The van der Waals surface area contributed by atoms with E-state index in [1.54, 1.807) is 0 Å². The molecule has 29 heavy (non-hydrogen) atoms. The van der Waals surface area contributed by atoms with Crippen molar-refractivity contribution in [3.05, 3.63) is 0 Å². The minimum Gasteiger partial charge on any atom is -0.390 e. The third-order valence-electron chi connectivity index (χ3n) is 7.18. The Morgan fingerprint density at radius 1 is 0.655 bits per heavy atom. The van der Waals surface area contributed by atoms with E-state index < -0.39 is 0 Å². The van der Waals surface area contributed by atoms with Crippen LogP contribution < -0.4 is 0 Å². The lowest BCUT2D eigenvalue weighted by Gasteiger charge is -2.42. The zero-order valence-corrected chi connectivity index (χ0v) is 19.2. The molecule has 3 rings (SSSR count). The van der Waals surface area contributed by atoms with E-state index in [2.05, 4.69) is 40.4 Å². The molecule has 0 spiro atoms. The van der Waals surface area contributed by atoms with Gasteiger partial charge in [-0.3, -0.25) is 9.80 Å². The average molecular weight is 411 g/mol. The lowest BCUT2D eigenvalue weighted by molar-refractivity contribution is 0.00110. The zero-order chi connectivity index (χ0) is 20.8. The molecular weight excluding hydrogens is 364 g/mol. The fourth-order valence-corrected chi connectivity index (χ4v) is 5.69. The number of piperidine rings is 2. The van der Waals surface area contributed by atoms with E-state index in [0.29, 0.717) is 6.04 Å². The maximum Gasteiger partial charge on any atom is 0.0793 e. The molecule has 0 saturated carbocycles. The molecule has 3 fully saturated rings. The summed E-state index contributed by atoms with van der Waals surface area (Å²) < 4.78 is 0. The molecule has 170 valence electrons. The second-order valence-corrected chi connectivity index (χ2v) is 10.4. The van der Waals surface area contributed by atoms with E-state index in [9.17, 15) is 10.2 Å². The first-order valence-electron chi connectivity index (χ1n) is 12.2. The summed E-state index contributed by atoms with van der Waals surface area (Å²) in [4.78, 5) is 9.74. The van der Waals surface area contributed by atoms with Crippen molar-refractivity contribution < 1.29 is 10.2 Å². The quantitative estimate of drug-likeness (QED) is 0.627. The van der Waals surface area contributed by atoms with Crippen molar-refractivity contribution in [1.82, 2.24) is 19.6 Å². The maximum atomic E-state index is 10.6. The van der Waals surface area contributed by atoms with Gasteiger partial charge in [-0.05, 0) is 57.5 Å². The molecule has 0 amide bonds. The number of hydrogen-bond acceptors (Lipinski definition) is 6. The molecule has 6 heteroatoms. The number of nitrogens with zero attached hydrogens (tertiary/aromatic N) is 4. The SMILES string of the molecule is C[C@H]1CCCN(C[C@@H](O)CN2CCN(C[C@@H](O)CN3CCC[C@H](C)C3)[C@H](C)C2)C1. The van der Waals surface area contributed by atoms with E-state index in [4.69, 9.17) is 0 Å². The highest BCUT2D eigenvalue weighted by molar-refractivity contribution is 4.84. The maximum absolute atomic E-state index is 10.6. The number of aliphatic hydroxyl groups excluding tert-OH is 2. The van der Waals surface area contributed by atoms with Gasteiger partial charge in [0, 0.05) is 64.9 Å². The van der Waals surface area contributed by atoms with Crippen molar-refractivity contribution in [3.63, 3.8) is 0 Å². The van der Waals surface area contributed by atoms with Crippen molar-refractivity contribution in [2.45, 2.75) is 64.7 Å². The molecule has 5 atom stereocenters. The predicted molar refractivity (Wildman–Crippen MR) is 119 cm³/mol. The number of β-amino-alcohol motifs (C(OH)–C–C–N with tert-alkyl or cyclic N) is 2. The number of aliphatic hydroxyl groups is 2. The predicted octanol–water partition coefficient (Wildman–Crippen LogP) is 1.18. The van der Waals surface area contributed by atoms with Crippen LogP contribution in [0.5, 0.6) is 0 Å². The zero-order valence-electron chi connectivity index (χ0n) is 19.2. The fourth-order valence-electron chi connectivity index (χ4n) is 5.69. The molecular formula is C23H46N4O2. The van der Waals surface area contributed by atoms with Crippen LogP contribution in [0.25, 0.3) is 0 Å². The third kappa shape index (κ3) is 7.75. The van der Waals surface area contributed by atoms with E-state index >= 15 is 0 Å². The summed E-state index contributed by atoms with van der Waals surface area (Å²) >= 11 is 0. The van der Waals surface area contributed by atoms with Crippen molar-refractivity contribution in [1.29, 1.82) is 0 Å². The molecule has 3 aliphatic rings. The first kappa shape index (κ1) is 23.4. The Morgan fingerprint density at radius 3 is 1.62 bits per heavy atom. The van der Waals surface area contributed by atoms with Gasteiger partial charge < -0.3 is 20.0 Å². The summed E-state index contributed by atoms with van der Waals surface area (Å²) in [7, 11) is 0. The number of likely N-dealkylation sites (tertiary alicyclic amines) is 2. The lowest BCUT2D eigenvalue weighted by Crippen LogP contribution is -2.56. The summed E-state index contributed by atoms with van der Waals surface area (Å²) in [6, 6.07) is 0.431. The second-order valence-electron chi connectivity index (χ2n) is 10.4. The Kier molecular flexibility index (Phi) is 9.21. The smallest absolute Gasteiger partial charge is 0.0793 e. The van der Waals surface area contributed by atoms with E-state index in [1.807, 2.05) is 0 Å². The van der Waals surface area contributed by atoms with E-state index in [-0.39, 0.29) is 12.2 Å². The molecule has 3 heterocycles. The molecule has 3 aliphatic heterocycles. The fraction of sp³-hybridized carbons (Fsp3) is 1.00. The Hall–Kier alpha value is -0.240. The summed E-state index contributed by atoms with van der Waals surface area (Å²) in [5, 5.41) is 21.2. The molecule has 0 radical (unpaired) electrons. The molecule has 0 bridgehead atoms. The van der Waals surface area contributed by atoms with Gasteiger partial charge in [0.1, 0.15) is 0 Å². The van der Waals surface area contributed by atoms with Gasteiger partial charge in [0.15, 0.2) is 0 Å². The van der Waals surface area contributed by atoms with Gasteiger partial charge in [0.25, 0.3) is 0 Å². The molecule has 0 aromatic rings. The van der Waals surface area contributed by atoms with Crippen LogP contribution in [0.15, 0.2) is 0 Å². The van der Waals surface area contributed by atoms with Crippen LogP contribution in [0, 0.1) is 11.8 Å². The highest BCUT2D eigenvalue weighted by Gasteiger charge is 2.28. The third-order valence-corrected chi connectivity index (χ3v) is 7.18. The van der Waals surface area contributed by atoms with Gasteiger partial charge in [0.2, 0.25) is 0 Å². The van der Waals surface area contributed by atoms with Crippen LogP contribution >= 0.6 is 0 Å².